The van der Waals surface area contributed by atoms with Crippen LogP contribution in [0.4, 0.5) is 8.63 Å². The van der Waals surface area contributed by atoms with Crippen LogP contribution < -0.4 is 21.2 Å². The topological polar surface area (TPSA) is 200 Å². The molecule has 0 aromatic carbocycles. The number of ether oxygens (including phenoxy) is 1. The van der Waals surface area contributed by atoms with E-state index in [0.717, 1.165) is 19.1 Å². The SMILES string of the molecule is Cc1cc(C)n2c1C=C1C=CC(CCC(=O)N[C@H]3C[C@H](n4cc(C)c(=O)[nH]c4=O)O[C@@H]3COP(=O)(O)On3nnc4cccnc43)=[N+]1[B-]2(F)F. The summed E-state index contributed by atoms with van der Waals surface area (Å²) in [5.41, 5.74) is 1.40. The summed E-state index contributed by atoms with van der Waals surface area (Å²) in [7, 11) is -4.87. The van der Waals surface area contributed by atoms with E-state index < -0.39 is 56.9 Å². The summed E-state index contributed by atoms with van der Waals surface area (Å²) in [6.07, 6.45) is 5.21. The van der Waals surface area contributed by atoms with Gasteiger partial charge in [-0.2, -0.15) is 0 Å². The monoisotopic (exact) mass is 713 g/mol. The molecule has 7 rings (SSSR count). The number of rotatable bonds is 10. The first-order valence-electron chi connectivity index (χ1n) is 15.6. The first kappa shape index (κ1) is 33.5. The molecule has 0 aliphatic carbocycles. The summed E-state index contributed by atoms with van der Waals surface area (Å²) in [5, 5.41) is 10.2. The summed E-state index contributed by atoms with van der Waals surface area (Å²) in [6, 6.07) is 3.98. The molecule has 3 aliphatic rings. The number of hydrogen-bond donors (Lipinski definition) is 3. The van der Waals surface area contributed by atoms with Crippen molar-refractivity contribution in [3.63, 3.8) is 0 Å². The van der Waals surface area contributed by atoms with E-state index in [0.29, 0.717) is 27.4 Å². The van der Waals surface area contributed by atoms with Gasteiger partial charge in [-0.05, 0) is 60.3 Å². The van der Waals surface area contributed by atoms with Gasteiger partial charge in [0.1, 0.15) is 23.6 Å². The number of amides is 1. The lowest BCUT2D eigenvalue weighted by atomic mass is 9.90. The Bertz CT molecular complexity index is 2310. The lowest BCUT2D eigenvalue weighted by Crippen LogP contribution is -2.50. The van der Waals surface area contributed by atoms with Crippen molar-refractivity contribution < 1.29 is 41.3 Å². The number of pyridine rings is 1. The molecule has 0 spiro atoms. The molecule has 0 saturated carbocycles. The predicted molar refractivity (Wildman–Crippen MR) is 173 cm³/mol. The first-order chi connectivity index (χ1) is 23.7. The van der Waals surface area contributed by atoms with Crippen molar-refractivity contribution in [2.75, 3.05) is 6.61 Å². The van der Waals surface area contributed by atoms with Gasteiger partial charge in [-0.25, -0.2) is 14.3 Å². The molecule has 4 atom stereocenters. The zero-order valence-electron chi connectivity index (χ0n) is 26.9. The number of phosphoric acid groups is 1. The van der Waals surface area contributed by atoms with E-state index in [-0.39, 0.29) is 36.2 Å². The number of aromatic nitrogens is 7. The molecule has 1 unspecified atom stereocenters. The lowest BCUT2D eigenvalue weighted by Gasteiger charge is -2.30. The molecule has 4 aromatic rings. The molecule has 4 aromatic heterocycles. The molecule has 1 amide bonds. The molecule has 50 heavy (non-hydrogen) atoms. The molecule has 21 heteroatoms. The van der Waals surface area contributed by atoms with Crippen LogP contribution >= 0.6 is 7.82 Å². The van der Waals surface area contributed by atoms with Crippen molar-refractivity contribution in [3.05, 3.63) is 91.8 Å². The van der Waals surface area contributed by atoms with E-state index in [9.17, 15) is 23.8 Å². The van der Waals surface area contributed by atoms with Gasteiger partial charge in [-0.3, -0.25) is 33.2 Å². The largest absolute Gasteiger partial charge is 0.737 e. The van der Waals surface area contributed by atoms with Gasteiger partial charge in [0.15, 0.2) is 5.70 Å². The van der Waals surface area contributed by atoms with E-state index in [1.165, 1.54) is 19.3 Å². The van der Waals surface area contributed by atoms with Gasteiger partial charge < -0.3 is 27.6 Å². The van der Waals surface area contributed by atoms with Crippen molar-refractivity contribution in [2.24, 2.45) is 0 Å². The van der Waals surface area contributed by atoms with E-state index in [2.05, 4.69) is 25.6 Å². The number of nitrogens with zero attached hydrogens (tertiary/aromatic N) is 7. The fraction of sp³-hybridized carbons (Fsp3) is 0.345. The summed E-state index contributed by atoms with van der Waals surface area (Å²) in [4.78, 5) is 55.2. The van der Waals surface area contributed by atoms with Crippen molar-refractivity contribution in [1.82, 2.24) is 39.5 Å². The van der Waals surface area contributed by atoms with E-state index in [1.807, 2.05) is 0 Å². The Labute approximate surface area is 281 Å². The maximum atomic E-state index is 15.9. The number of fused-ring (bicyclic) bond motifs is 3. The van der Waals surface area contributed by atoms with Gasteiger partial charge in [0.25, 0.3) is 5.56 Å². The molecule has 3 N–H and O–H groups in total. The molecule has 7 heterocycles. The second-order valence-corrected chi connectivity index (χ2v) is 13.6. The highest BCUT2D eigenvalue weighted by atomic mass is 31.2. The van der Waals surface area contributed by atoms with Crippen molar-refractivity contribution in [1.29, 1.82) is 0 Å². The molecule has 1 fully saturated rings. The average Bonchev–Trinajstić information content (AvgIpc) is 3.83. The number of phosphoric ester groups is 1. The number of carbonyl (C=O) groups is 1. The maximum absolute atomic E-state index is 15.9. The molecular formula is C29H31BF2N9O8P. The Kier molecular flexibility index (Phi) is 8.29. The highest BCUT2D eigenvalue weighted by molar-refractivity contribution is 7.47. The number of carbonyl (C=O) groups excluding carboxylic acids is 1. The smallest absolute Gasteiger partial charge is 0.394 e. The molecule has 0 radical (unpaired) electrons. The van der Waals surface area contributed by atoms with E-state index in [1.54, 1.807) is 50.3 Å². The van der Waals surface area contributed by atoms with Crippen molar-refractivity contribution in [3.8, 4) is 0 Å². The number of hydrogen-bond acceptors (Lipinski definition) is 10. The number of allylic oxidation sites excluding steroid dienone is 2. The Hall–Kier alpha value is -5.04. The predicted octanol–water partition coefficient (Wildman–Crippen LogP) is 1.50. The fourth-order valence-corrected chi connectivity index (χ4v) is 7.20. The first-order valence-corrected chi connectivity index (χ1v) is 17.1. The lowest BCUT2D eigenvalue weighted by molar-refractivity contribution is -0.362. The van der Waals surface area contributed by atoms with Crippen LogP contribution in [0.1, 0.15) is 48.0 Å². The summed E-state index contributed by atoms with van der Waals surface area (Å²) in [5.74, 6) is -0.530. The van der Waals surface area contributed by atoms with Gasteiger partial charge >= 0.3 is 20.5 Å². The third-order valence-electron chi connectivity index (χ3n) is 8.82. The van der Waals surface area contributed by atoms with Crippen LogP contribution in [0.25, 0.3) is 17.2 Å². The molecule has 0 bridgehead atoms. The molecule has 262 valence electrons. The molecule has 1 saturated heterocycles. The van der Waals surface area contributed by atoms with Gasteiger partial charge in [0.2, 0.25) is 11.6 Å². The van der Waals surface area contributed by atoms with Crippen LogP contribution in [0.15, 0.2) is 58.0 Å². The van der Waals surface area contributed by atoms with Crippen LogP contribution in [0.2, 0.25) is 0 Å². The van der Waals surface area contributed by atoms with Crippen LogP contribution in [0.5, 0.6) is 0 Å². The molecular weight excluding hydrogens is 682 g/mol. The maximum Gasteiger partial charge on any atom is 0.737 e. The number of halogens is 2. The fourth-order valence-electron chi connectivity index (χ4n) is 6.51. The van der Waals surface area contributed by atoms with Gasteiger partial charge in [0, 0.05) is 61.1 Å². The Morgan fingerprint density at radius 1 is 1.26 bits per heavy atom. The highest BCUT2D eigenvalue weighted by Gasteiger charge is 2.52. The minimum absolute atomic E-state index is 0.00885. The standard InChI is InChI=1S/C29H31BF2N9O8P/c1-16-11-18(3)39-23(16)12-20-7-6-19(40(20)30(39,31)32)8-9-25(42)34-22-13-26(38-14-17(2)28(43)35-29(38)44)48-24(22)15-47-50(45,46)49-41-27-21(36-37-41)5-4-10-33-27/h4-7,10-12,14,22,24,26H,8-9,13,15H2,1-3H3,(H,34,42)(H,45,46)(H,35,43,44)/t22-,24+,26+/m0/s1. The number of aryl methyl sites for hydroxylation is 3. The zero-order valence-corrected chi connectivity index (χ0v) is 27.8. The average molecular weight is 713 g/mol. The van der Waals surface area contributed by atoms with Crippen LogP contribution in [0.3, 0.4) is 0 Å². The molecule has 3 aliphatic heterocycles. The minimum atomic E-state index is -4.87. The third-order valence-corrected chi connectivity index (χ3v) is 9.66. The Morgan fingerprint density at radius 3 is 2.86 bits per heavy atom. The van der Waals surface area contributed by atoms with Crippen molar-refractivity contribution >= 4 is 43.7 Å². The van der Waals surface area contributed by atoms with Crippen LogP contribution in [-0.4, -0.2) is 80.9 Å². The number of nitrogens with one attached hydrogen (secondary N) is 2. The normalized spacial score (nSPS) is 22.0. The minimum Gasteiger partial charge on any atom is -0.394 e. The van der Waals surface area contributed by atoms with Crippen LogP contribution in [-0.2, 0) is 18.6 Å². The summed E-state index contributed by atoms with van der Waals surface area (Å²) >= 11 is 0. The third kappa shape index (κ3) is 6.04. The zero-order chi connectivity index (χ0) is 35.5. The van der Waals surface area contributed by atoms with E-state index in [4.69, 9.17) is 13.9 Å². The van der Waals surface area contributed by atoms with Gasteiger partial charge in [-0.15, -0.1) is 5.10 Å². The quantitative estimate of drug-likeness (QED) is 0.159. The number of aromatic amines is 1. The van der Waals surface area contributed by atoms with Gasteiger partial charge in [0.05, 0.1) is 12.6 Å². The van der Waals surface area contributed by atoms with E-state index >= 15 is 8.63 Å². The van der Waals surface area contributed by atoms with Crippen LogP contribution in [0, 0.1) is 20.8 Å². The number of H-pyrrole nitrogens is 1. The second kappa shape index (κ2) is 12.4. The molecule has 17 nitrogen and oxygen atoms in total. The van der Waals surface area contributed by atoms with Crippen molar-refractivity contribution in [2.45, 2.75) is 58.4 Å². The summed E-state index contributed by atoms with van der Waals surface area (Å²) < 4.78 is 63.9. The Balaban J connectivity index is 1.07. The summed E-state index contributed by atoms with van der Waals surface area (Å²) in [6.45, 7) is 0.0859. The second-order valence-electron chi connectivity index (χ2n) is 12.2. The van der Waals surface area contributed by atoms with Gasteiger partial charge in [-0.1, -0.05) is 0 Å². The Morgan fingerprint density at radius 2 is 2.06 bits per heavy atom. The highest BCUT2D eigenvalue weighted by Crippen LogP contribution is 2.41.